The fourth-order valence-electron chi connectivity index (χ4n) is 1.69. The van der Waals surface area contributed by atoms with Crippen LogP contribution in [0.4, 0.5) is 5.69 Å². The first-order chi connectivity index (χ1) is 9.40. The molecule has 20 heavy (non-hydrogen) atoms. The largest absolute Gasteiger partial charge is 0.497 e. The lowest BCUT2D eigenvalue weighted by Crippen LogP contribution is -2.09. The van der Waals surface area contributed by atoms with Crippen molar-refractivity contribution in [1.82, 2.24) is 4.98 Å². The van der Waals surface area contributed by atoms with Gasteiger partial charge in [-0.25, -0.2) is 4.98 Å². The van der Waals surface area contributed by atoms with Gasteiger partial charge in [-0.15, -0.1) is 11.3 Å². The fourth-order valence-corrected chi connectivity index (χ4v) is 2.78. The van der Waals surface area contributed by atoms with Gasteiger partial charge in [0.15, 0.2) is 0 Å². The van der Waals surface area contributed by atoms with Crippen LogP contribution in [0.25, 0.3) is 0 Å². The molecule has 0 aliphatic heterocycles. The highest BCUT2D eigenvalue weighted by Gasteiger charge is 2.17. The van der Waals surface area contributed by atoms with Crippen molar-refractivity contribution in [3.8, 4) is 5.75 Å². The van der Waals surface area contributed by atoms with Gasteiger partial charge in [0.2, 0.25) is 0 Å². The highest BCUT2D eigenvalue weighted by atomic mass is 35.5. The first-order valence-corrected chi connectivity index (χ1v) is 7.62. The van der Waals surface area contributed by atoms with Crippen molar-refractivity contribution in [2.75, 3.05) is 12.4 Å². The predicted molar refractivity (Wildman–Crippen MR) is 86.1 cm³/mol. The number of hydrogen-bond donors (Lipinski definition) is 1. The Labute approximate surface area is 129 Å². The summed E-state index contributed by atoms with van der Waals surface area (Å²) < 4.78 is 5.20. The molecule has 1 aromatic heterocycles. The molecule has 0 aliphatic carbocycles. The van der Waals surface area contributed by atoms with Crippen molar-refractivity contribution in [2.24, 2.45) is 0 Å². The van der Waals surface area contributed by atoms with E-state index < -0.39 is 0 Å². The highest BCUT2D eigenvalue weighted by Crippen LogP contribution is 2.29. The van der Waals surface area contributed by atoms with Crippen LogP contribution in [0.15, 0.2) is 24.4 Å². The van der Waals surface area contributed by atoms with Crippen LogP contribution in [0, 0.1) is 0 Å². The van der Waals surface area contributed by atoms with E-state index in [2.05, 4.69) is 31.1 Å². The Morgan fingerprint density at radius 3 is 2.70 bits per heavy atom. The van der Waals surface area contributed by atoms with Crippen LogP contribution in [0.3, 0.4) is 0 Å². The third-order valence-corrected chi connectivity index (χ3v) is 4.57. The summed E-state index contributed by atoms with van der Waals surface area (Å²) >= 11 is 7.89. The van der Waals surface area contributed by atoms with Gasteiger partial charge in [-0.1, -0.05) is 32.4 Å². The molecule has 0 unspecified atom stereocenters. The Hall–Kier alpha value is -1.26. The molecule has 5 heteroatoms. The number of hydrogen-bond acceptors (Lipinski definition) is 4. The van der Waals surface area contributed by atoms with E-state index in [-0.39, 0.29) is 5.41 Å². The molecular weight excluding hydrogens is 292 g/mol. The minimum Gasteiger partial charge on any atom is -0.497 e. The molecule has 1 aromatic carbocycles. The molecule has 3 nitrogen and oxygen atoms in total. The second-order valence-corrected chi connectivity index (χ2v) is 7.10. The molecule has 108 valence electrons. The fraction of sp³-hybridized carbons (Fsp3) is 0.400. The van der Waals surface area contributed by atoms with Gasteiger partial charge in [0, 0.05) is 22.6 Å². The maximum absolute atomic E-state index is 6.17. The molecule has 0 saturated heterocycles. The number of halogens is 1. The normalized spacial score (nSPS) is 11.4. The van der Waals surface area contributed by atoms with Crippen LogP contribution in [0.2, 0.25) is 5.02 Å². The zero-order valence-electron chi connectivity index (χ0n) is 12.2. The molecule has 0 aliphatic rings. The molecule has 2 rings (SSSR count). The van der Waals surface area contributed by atoms with E-state index in [1.54, 1.807) is 18.4 Å². The molecular formula is C15H19ClN2OS. The van der Waals surface area contributed by atoms with Crippen LogP contribution in [-0.2, 0) is 12.0 Å². The average Bonchev–Trinajstić information content (AvgIpc) is 2.86. The highest BCUT2D eigenvalue weighted by molar-refractivity contribution is 7.11. The summed E-state index contributed by atoms with van der Waals surface area (Å²) in [6, 6.07) is 5.57. The average molecular weight is 311 g/mol. The summed E-state index contributed by atoms with van der Waals surface area (Å²) in [5.74, 6) is 0.789. The SMILES string of the molecule is COc1ccc(Cl)c(NCc2cnc(C(C)(C)C)s2)c1. The molecule has 0 saturated carbocycles. The topological polar surface area (TPSA) is 34.1 Å². The van der Waals surface area contributed by atoms with E-state index in [1.807, 2.05) is 24.4 Å². The lowest BCUT2D eigenvalue weighted by molar-refractivity contribution is 0.415. The van der Waals surface area contributed by atoms with Gasteiger partial charge in [-0.2, -0.15) is 0 Å². The zero-order valence-corrected chi connectivity index (χ0v) is 13.7. The Morgan fingerprint density at radius 2 is 2.10 bits per heavy atom. The number of aromatic nitrogens is 1. The summed E-state index contributed by atoms with van der Waals surface area (Å²) in [6.45, 7) is 7.21. The third-order valence-electron chi connectivity index (χ3n) is 2.82. The van der Waals surface area contributed by atoms with E-state index in [0.29, 0.717) is 11.6 Å². The van der Waals surface area contributed by atoms with Gasteiger partial charge >= 0.3 is 0 Å². The van der Waals surface area contributed by atoms with Crippen molar-refractivity contribution < 1.29 is 4.74 Å². The van der Waals surface area contributed by atoms with Gasteiger partial charge < -0.3 is 10.1 Å². The Morgan fingerprint density at radius 1 is 1.35 bits per heavy atom. The van der Waals surface area contributed by atoms with Crippen LogP contribution in [0.5, 0.6) is 5.75 Å². The number of anilines is 1. The molecule has 1 heterocycles. The molecule has 0 amide bonds. The maximum atomic E-state index is 6.17. The van der Waals surface area contributed by atoms with Crippen LogP contribution >= 0.6 is 22.9 Å². The minimum atomic E-state index is 0.0938. The molecule has 0 atom stereocenters. The molecule has 0 radical (unpaired) electrons. The number of benzene rings is 1. The summed E-state index contributed by atoms with van der Waals surface area (Å²) in [5.41, 5.74) is 0.966. The van der Waals surface area contributed by atoms with Crippen LogP contribution in [-0.4, -0.2) is 12.1 Å². The van der Waals surface area contributed by atoms with Gasteiger partial charge in [0.1, 0.15) is 5.75 Å². The smallest absolute Gasteiger partial charge is 0.121 e. The lowest BCUT2D eigenvalue weighted by atomic mass is 9.98. The quantitative estimate of drug-likeness (QED) is 0.887. The Balaban J connectivity index is 2.07. The van der Waals surface area contributed by atoms with Crippen molar-refractivity contribution in [3.05, 3.63) is 39.3 Å². The number of ether oxygens (including phenoxy) is 1. The van der Waals surface area contributed by atoms with E-state index in [0.717, 1.165) is 16.4 Å². The van der Waals surface area contributed by atoms with Crippen molar-refractivity contribution in [3.63, 3.8) is 0 Å². The number of thiazole rings is 1. The molecule has 0 spiro atoms. The summed E-state index contributed by atoms with van der Waals surface area (Å²) in [7, 11) is 1.64. The Bertz CT molecular complexity index is 590. The van der Waals surface area contributed by atoms with Crippen molar-refractivity contribution in [2.45, 2.75) is 32.7 Å². The van der Waals surface area contributed by atoms with Gasteiger partial charge in [-0.05, 0) is 12.1 Å². The first kappa shape index (κ1) is 15.1. The molecule has 0 fully saturated rings. The van der Waals surface area contributed by atoms with Crippen LogP contribution in [0.1, 0.15) is 30.7 Å². The zero-order chi connectivity index (χ0) is 14.8. The first-order valence-electron chi connectivity index (χ1n) is 6.43. The number of methoxy groups -OCH3 is 1. The van der Waals surface area contributed by atoms with E-state index >= 15 is 0 Å². The summed E-state index contributed by atoms with van der Waals surface area (Å²) in [4.78, 5) is 5.67. The molecule has 1 N–H and O–H groups in total. The number of nitrogens with one attached hydrogen (secondary N) is 1. The number of rotatable bonds is 4. The number of nitrogens with zero attached hydrogens (tertiary/aromatic N) is 1. The molecule has 0 bridgehead atoms. The molecule has 2 aromatic rings. The van der Waals surface area contributed by atoms with E-state index in [9.17, 15) is 0 Å². The lowest BCUT2D eigenvalue weighted by Gasteiger charge is -2.13. The minimum absolute atomic E-state index is 0.0938. The van der Waals surface area contributed by atoms with Gasteiger partial charge in [-0.3, -0.25) is 0 Å². The monoisotopic (exact) mass is 310 g/mol. The van der Waals surface area contributed by atoms with Crippen molar-refractivity contribution in [1.29, 1.82) is 0 Å². The van der Waals surface area contributed by atoms with Gasteiger partial charge in [0.05, 0.1) is 29.4 Å². The van der Waals surface area contributed by atoms with Crippen molar-refractivity contribution >= 4 is 28.6 Å². The maximum Gasteiger partial charge on any atom is 0.121 e. The Kier molecular flexibility index (Phi) is 4.55. The summed E-state index contributed by atoms with van der Waals surface area (Å²) in [5, 5.41) is 5.16. The van der Waals surface area contributed by atoms with Crippen LogP contribution < -0.4 is 10.1 Å². The van der Waals surface area contributed by atoms with Gasteiger partial charge in [0.25, 0.3) is 0 Å². The third kappa shape index (κ3) is 3.64. The van der Waals surface area contributed by atoms with E-state index in [1.165, 1.54) is 4.88 Å². The standard InChI is InChI=1S/C15H19ClN2OS/c1-15(2,3)14-18-9-11(20-14)8-17-13-7-10(19-4)5-6-12(13)16/h5-7,9,17H,8H2,1-4H3. The second kappa shape index (κ2) is 6.02. The predicted octanol–water partition coefficient (Wildman–Crippen LogP) is 4.71. The summed E-state index contributed by atoms with van der Waals surface area (Å²) in [6.07, 6.45) is 1.92. The van der Waals surface area contributed by atoms with E-state index in [4.69, 9.17) is 16.3 Å². The second-order valence-electron chi connectivity index (χ2n) is 5.58.